The highest BCUT2D eigenvalue weighted by atomic mass is 35.5. The van der Waals surface area contributed by atoms with Crippen LogP contribution in [0.2, 0.25) is 0 Å². The zero-order valence-electron chi connectivity index (χ0n) is 11.6. The lowest BCUT2D eigenvalue weighted by Gasteiger charge is -2.30. The third-order valence-corrected chi connectivity index (χ3v) is 4.10. The molecular formula is C18H20ClN. The van der Waals surface area contributed by atoms with Gasteiger partial charge in [-0.3, -0.25) is 0 Å². The summed E-state index contributed by atoms with van der Waals surface area (Å²) < 4.78 is 0. The van der Waals surface area contributed by atoms with Crippen LogP contribution in [0.25, 0.3) is 0 Å². The maximum absolute atomic E-state index is 3.37. The smallest absolute Gasteiger partial charge is 0.0400 e. The van der Waals surface area contributed by atoms with Crippen LogP contribution in [0.15, 0.2) is 72.8 Å². The van der Waals surface area contributed by atoms with Crippen molar-refractivity contribution in [2.75, 3.05) is 7.05 Å². The molecule has 0 bridgehead atoms. The fourth-order valence-electron chi connectivity index (χ4n) is 3.03. The van der Waals surface area contributed by atoms with Crippen LogP contribution >= 0.6 is 12.4 Å². The number of allylic oxidation sites excluding steroid dienone is 1. The first-order valence-corrected chi connectivity index (χ1v) is 6.83. The largest absolute Gasteiger partial charge is 0.313 e. The number of likely N-dealkylation sites (N-methyl/N-ethyl adjacent to an activating group) is 1. The van der Waals surface area contributed by atoms with E-state index >= 15 is 0 Å². The minimum absolute atomic E-state index is 0. The van der Waals surface area contributed by atoms with Crippen molar-refractivity contribution in [2.45, 2.75) is 17.9 Å². The average Bonchev–Trinajstić information content (AvgIpc) is 2.95. The van der Waals surface area contributed by atoms with Crippen molar-refractivity contribution >= 4 is 12.4 Å². The van der Waals surface area contributed by atoms with Gasteiger partial charge in [0.15, 0.2) is 0 Å². The van der Waals surface area contributed by atoms with E-state index in [1.165, 1.54) is 11.1 Å². The summed E-state index contributed by atoms with van der Waals surface area (Å²) in [6.07, 6.45) is 5.73. The molecule has 1 aliphatic carbocycles. The Morgan fingerprint density at radius 3 is 1.80 bits per heavy atom. The standard InChI is InChI=1S/C18H19N.ClH/c1-19-17-12-13-18(14-17,15-8-4-2-5-9-15)16-10-6-3-7-11-16;/h2-13,17,19H,14H2,1H3;1H. The second-order valence-corrected chi connectivity index (χ2v) is 5.16. The first kappa shape index (κ1) is 14.8. The van der Waals surface area contributed by atoms with Gasteiger partial charge >= 0.3 is 0 Å². The van der Waals surface area contributed by atoms with Crippen LogP contribution in [0.4, 0.5) is 0 Å². The van der Waals surface area contributed by atoms with Crippen molar-refractivity contribution < 1.29 is 0 Å². The van der Waals surface area contributed by atoms with E-state index in [9.17, 15) is 0 Å². The van der Waals surface area contributed by atoms with Crippen LogP contribution in [0.3, 0.4) is 0 Å². The molecule has 2 heteroatoms. The van der Waals surface area contributed by atoms with E-state index < -0.39 is 0 Å². The Balaban J connectivity index is 0.00000147. The zero-order chi connectivity index (χ0) is 13.1. The van der Waals surface area contributed by atoms with E-state index in [1.807, 2.05) is 7.05 Å². The molecule has 0 aliphatic heterocycles. The number of hydrogen-bond acceptors (Lipinski definition) is 1. The van der Waals surface area contributed by atoms with Crippen LogP contribution in [0.1, 0.15) is 17.5 Å². The summed E-state index contributed by atoms with van der Waals surface area (Å²) in [5.74, 6) is 0. The van der Waals surface area contributed by atoms with E-state index in [0.29, 0.717) is 6.04 Å². The molecule has 2 aromatic rings. The van der Waals surface area contributed by atoms with Gasteiger partial charge in [0.2, 0.25) is 0 Å². The van der Waals surface area contributed by atoms with Crippen molar-refractivity contribution in [1.82, 2.24) is 5.32 Å². The highest BCUT2D eigenvalue weighted by Gasteiger charge is 2.37. The van der Waals surface area contributed by atoms with Gasteiger partial charge in [-0.15, -0.1) is 12.4 Å². The van der Waals surface area contributed by atoms with Crippen LogP contribution < -0.4 is 5.32 Å². The summed E-state index contributed by atoms with van der Waals surface area (Å²) in [4.78, 5) is 0. The Labute approximate surface area is 127 Å². The lowest BCUT2D eigenvalue weighted by Crippen LogP contribution is -2.30. The predicted octanol–water partition coefficient (Wildman–Crippen LogP) is 3.94. The molecule has 1 unspecified atom stereocenters. The van der Waals surface area contributed by atoms with Crippen molar-refractivity contribution in [3.8, 4) is 0 Å². The fourth-order valence-corrected chi connectivity index (χ4v) is 3.03. The van der Waals surface area contributed by atoms with E-state index in [4.69, 9.17) is 0 Å². The van der Waals surface area contributed by atoms with E-state index in [-0.39, 0.29) is 17.8 Å². The molecule has 0 saturated heterocycles. The molecule has 0 radical (unpaired) electrons. The number of rotatable bonds is 3. The second-order valence-electron chi connectivity index (χ2n) is 5.16. The Morgan fingerprint density at radius 1 is 0.900 bits per heavy atom. The number of halogens is 1. The first-order chi connectivity index (χ1) is 9.35. The summed E-state index contributed by atoms with van der Waals surface area (Å²) in [7, 11) is 2.03. The number of benzene rings is 2. The summed E-state index contributed by atoms with van der Waals surface area (Å²) >= 11 is 0. The molecule has 0 aromatic heterocycles. The van der Waals surface area contributed by atoms with Gasteiger partial charge in [0, 0.05) is 11.5 Å². The third-order valence-electron chi connectivity index (χ3n) is 4.10. The normalized spacial score (nSPS) is 19.6. The van der Waals surface area contributed by atoms with Crippen LogP contribution in [0.5, 0.6) is 0 Å². The van der Waals surface area contributed by atoms with Crippen molar-refractivity contribution in [2.24, 2.45) is 0 Å². The summed E-state index contributed by atoms with van der Waals surface area (Å²) in [5.41, 5.74) is 2.75. The molecule has 1 aliphatic rings. The van der Waals surface area contributed by atoms with Crippen LogP contribution in [-0.4, -0.2) is 13.1 Å². The van der Waals surface area contributed by atoms with Gasteiger partial charge in [-0.1, -0.05) is 72.8 Å². The fraction of sp³-hybridized carbons (Fsp3) is 0.222. The lowest BCUT2D eigenvalue weighted by atomic mass is 9.74. The summed E-state index contributed by atoms with van der Waals surface area (Å²) in [5, 5.41) is 3.37. The topological polar surface area (TPSA) is 12.0 Å². The molecule has 20 heavy (non-hydrogen) atoms. The van der Waals surface area contributed by atoms with Crippen molar-refractivity contribution in [3.05, 3.63) is 83.9 Å². The molecular weight excluding hydrogens is 266 g/mol. The molecule has 2 aromatic carbocycles. The molecule has 0 amide bonds. The van der Waals surface area contributed by atoms with E-state index in [1.54, 1.807) is 0 Å². The first-order valence-electron chi connectivity index (χ1n) is 6.83. The minimum Gasteiger partial charge on any atom is -0.313 e. The lowest BCUT2D eigenvalue weighted by molar-refractivity contribution is 0.534. The van der Waals surface area contributed by atoms with Crippen LogP contribution in [-0.2, 0) is 5.41 Å². The monoisotopic (exact) mass is 285 g/mol. The highest BCUT2D eigenvalue weighted by Crippen LogP contribution is 2.41. The van der Waals surface area contributed by atoms with Gasteiger partial charge in [0.1, 0.15) is 0 Å². The maximum Gasteiger partial charge on any atom is 0.0400 e. The molecule has 1 nitrogen and oxygen atoms in total. The SMILES string of the molecule is CNC1C=CC(c2ccccc2)(c2ccccc2)C1.Cl. The molecule has 0 saturated carbocycles. The Bertz CT molecular complexity index is 523. The molecule has 104 valence electrons. The van der Waals surface area contributed by atoms with Gasteiger partial charge < -0.3 is 5.32 Å². The van der Waals surface area contributed by atoms with Crippen molar-refractivity contribution in [3.63, 3.8) is 0 Å². The van der Waals surface area contributed by atoms with Gasteiger partial charge in [-0.05, 0) is 24.6 Å². The summed E-state index contributed by atoms with van der Waals surface area (Å²) in [6, 6.07) is 22.0. The van der Waals surface area contributed by atoms with Gasteiger partial charge in [-0.25, -0.2) is 0 Å². The average molecular weight is 286 g/mol. The quantitative estimate of drug-likeness (QED) is 0.842. The molecule has 1 atom stereocenters. The van der Waals surface area contributed by atoms with Crippen molar-refractivity contribution in [1.29, 1.82) is 0 Å². The minimum atomic E-state index is 0. The van der Waals surface area contributed by atoms with E-state index in [2.05, 4.69) is 78.1 Å². The molecule has 0 heterocycles. The third kappa shape index (κ3) is 2.52. The molecule has 3 rings (SSSR count). The number of nitrogens with one attached hydrogen (secondary N) is 1. The molecule has 0 spiro atoms. The van der Waals surface area contributed by atoms with Crippen LogP contribution in [0, 0.1) is 0 Å². The van der Waals surface area contributed by atoms with Gasteiger partial charge in [0.05, 0.1) is 0 Å². The Hall–Kier alpha value is -1.57. The van der Waals surface area contributed by atoms with Gasteiger partial charge in [0.25, 0.3) is 0 Å². The predicted molar refractivity (Wildman–Crippen MR) is 87.5 cm³/mol. The number of hydrogen-bond donors (Lipinski definition) is 1. The van der Waals surface area contributed by atoms with Gasteiger partial charge in [-0.2, -0.15) is 0 Å². The Kier molecular flexibility index (Phi) is 4.64. The Morgan fingerprint density at radius 2 is 1.40 bits per heavy atom. The highest BCUT2D eigenvalue weighted by molar-refractivity contribution is 5.85. The second kappa shape index (κ2) is 6.25. The zero-order valence-corrected chi connectivity index (χ0v) is 12.4. The summed E-state index contributed by atoms with van der Waals surface area (Å²) in [6.45, 7) is 0. The maximum atomic E-state index is 3.37. The molecule has 0 fully saturated rings. The molecule has 1 N–H and O–H groups in total. The van der Waals surface area contributed by atoms with E-state index in [0.717, 1.165) is 6.42 Å².